The Balaban J connectivity index is 0.00000361. The maximum Gasteiger partial charge on any atom is 0.194 e. The maximum atomic E-state index is 5.58. The molecule has 0 aromatic heterocycles. The lowest BCUT2D eigenvalue weighted by Gasteiger charge is -2.21. The van der Waals surface area contributed by atoms with Gasteiger partial charge in [0.2, 0.25) is 0 Å². The minimum Gasteiger partial charge on any atom is -0.382 e. The van der Waals surface area contributed by atoms with Crippen LogP contribution in [-0.2, 0) is 9.47 Å². The second-order valence-electron chi connectivity index (χ2n) is 4.54. The van der Waals surface area contributed by atoms with Crippen molar-refractivity contribution in [3.05, 3.63) is 0 Å². The standard InChI is InChI=1S/C14H25N3O2.HI/c1-4-7-16-14(15-5-2)17-8-6-13(11-17)12-19-10-9-18-3;/h1,13H,5-12H2,2-3H3,(H,15,16);1H. The van der Waals surface area contributed by atoms with Crippen LogP contribution in [0, 0.1) is 18.3 Å². The Morgan fingerprint density at radius 3 is 2.95 bits per heavy atom. The van der Waals surface area contributed by atoms with Crippen molar-refractivity contribution in [2.75, 3.05) is 53.1 Å². The predicted molar refractivity (Wildman–Crippen MR) is 92.6 cm³/mol. The van der Waals surface area contributed by atoms with Crippen LogP contribution in [0.15, 0.2) is 4.99 Å². The first-order valence-corrected chi connectivity index (χ1v) is 6.85. The predicted octanol–water partition coefficient (Wildman–Crippen LogP) is 1.19. The molecular formula is C14H26IN3O2. The molecule has 1 aliphatic heterocycles. The van der Waals surface area contributed by atoms with E-state index in [4.69, 9.17) is 15.9 Å². The summed E-state index contributed by atoms with van der Waals surface area (Å²) in [6, 6.07) is 0. The summed E-state index contributed by atoms with van der Waals surface area (Å²) in [6.45, 7) is 7.43. The van der Waals surface area contributed by atoms with Crippen LogP contribution in [0.1, 0.15) is 13.3 Å². The second kappa shape index (κ2) is 12.2. The molecule has 0 bridgehead atoms. The number of nitrogens with zero attached hydrogens (tertiary/aromatic N) is 2. The van der Waals surface area contributed by atoms with E-state index in [9.17, 15) is 0 Å². The van der Waals surface area contributed by atoms with E-state index in [1.807, 2.05) is 0 Å². The molecule has 0 amide bonds. The lowest BCUT2D eigenvalue weighted by Crippen LogP contribution is -2.40. The SMILES string of the molecule is C#CCN=C(NCC)N1CCC(COCCOC)C1.I. The third-order valence-electron chi connectivity index (χ3n) is 3.03. The van der Waals surface area contributed by atoms with Gasteiger partial charge in [-0.25, -0.2) is 4.99 Å². The molecule has 116 valence electrons. The lowest BCUT2D eigenvalue weighted by atomic mass is 10.1. The van der Waals surface area contributed by atoms with Crippen LogP contribution in [0.5, 0.6) is 0 Å². The summed E-state index contributed by atoms with van der Waals surface area (Å²) in [7, 11) is 1.69. The van der Waals surface area contributed by atoms with Gasteiger partial charge >= 0.3 is 0 Å². The van der Waals surface area contributed by atoms with Crippen LogP contribution in [0.3, 0.4) is 0 Å². The molecule has 1 heterocycles. The summed E-state index contributed by atoms with van der Waals surface area (Å²) < 4.78 is 10.5. The van der Waals surface area contributed by atoms with Gasteiger partial charge in [0.15, 0.2) is 5.96 Å². The summed E-state index contributed by atoms with van der Waals surface area (Å²) in [4.78, 5) is 6.65. The molecule has 0 radical (unpaired) electrons. The molecule has 0 spiro atoms. The van der Waals surface area contributed by atoms with E-state index in [0.717, 1.165) is 38.6 Å². The van der Waals surface area contributed by atoms with Gasteiger partial charge in [0.1, 0.15) is 6.54 Å². The third-order valence-corrected chi connectivity index (χ3v) is 3.03. The first-order valence-electron chi connectivity index (χ1n) is 6.85. The molecule has 1 atom stereocenters. The second-order valence-corrected chi connectivity index (χ2v) is 4.54. The van der Waals surface area contributed by atoms with Gasteiger partial charge in [-0.1, -0.05) is 5.92 Å². The molecule has 1 fully saturated rings. The Labute approximate surface area is 139 Å². The van der Waals surface area contributed by atoms with E-state index in [0.29, 0.717) is 25.7 Å². The van der Waals surface area contributed by atoms with Gasteiger partial charge in [-0.15, -0.1) is 30.4 Å². The highest BCUT2D eigenvalue weighted by Crippen LogP contribution is 2.16. The smallest absolute Gasteiger partial charge is 0.194 e. The zero-order valence-corrected chi connectivity index (χ0v) is 14.8. The number of hydrogen-bond donors (Lipinski definition) is 1. The average molecular weight is 395 g/mol. The van der Waals surface area contributed by atoms with Gasteiger partial charge in [-0.2, -0.15) is 0 Å². The number of halogens is 1. The van der Waals surface area contributed by atoms with Gasteiger partial charge < -0.3 is 19.7 Å². The summed E-state index contributed by atoms with van der Waals surface area (Å²) >= 11 is 0. The van der Waals surface area contributed by atoms with Crippen LogP contribution in [0.25, 0.3) is 0 Å². The van der Waals surface area contributed by atoms with Crippen LogP contribution < -0.4 is 5.32 Å². The van der Waals surface area contributed by atoms with Crippen LogP contribution in [0.4, 0.5) is 0 Å². The van der Waals surface area contributed by atoms with Gasteiger partial charge in [-0.3, -0.25) is 0 Å². The van der Waals surface area contributed by atoms with E-state index in [-0.39, 0.29) is 24.0 Å². The zero-order chi connectivity index (χ0) is 13.9. The van der Waals surface area contributed by atoms with Gasteiger partial charge in [-0.05, 0) is 13.3 Å². The molecule has 1 N–H and O–H groups in total. The first-order chi connectivity index (χ1) is 9.31. The molecular weight excluding hydrogens is 369 g/mol. The number of nitrogens with one attached hydrogen (secondary N) is 1. The highest BCUT2D eigenvalue weighted by atomic mass is 127. The summed E-state index contributed by atoms with van der Waals surface area (Å²) in [5.74, 6) is 4.02. The molecule has 1 aliphatic rings. The Kier molecular flexibility index (Phi) is 11.9. The van der Waals surface area contributed by atoms with E-state index in [2.05, 4.69) is 28.1 Å². The maximum absolute atomic E-state index is 5.58. The molecule has 0 aromatic carbocycles. The van der Waals surface area contributed by atoms with Gasteiger partial charge in [0.25, 0.3) is 0 Å². The van der Waals surface area contributed by atoms with E-state index < -0.39 is 0 Å². The van der Waals surface area contributed by atoms with Crippen molar-refractivity contribution in [3.8, 4) is 12.3 Å². The van der Waals surface area contributed by atoms with Gasteiger partial charge in [0.05, 0.1) is 19.8 Å². The van der Waals surface area contributed by atoms with E-state index in [1.54, 1.807) is 7.11 Å². The quantitative estimate of drug-likeness (QED) is 0.231. The highest BCUT2D eigenvalue weighted by Gasteiger charge is 2.24. The topological polar surface area (TPSA) is 46.1 Å². The Bertz CT molecular complexity index is 318. The molecule has 5 nitrogen and oxygen atoms in total. The average Bonchev–Trinajstić information content (AvgIpc) is 2.88. The molecule has 1 rings (SSSR count). The molecule has 1 saturated heterocycles. The van der Waals surface area contributed by atoms with Crippen molar-refractivity contribution in [1.29, 1.82) is 0 Å². The fraction of sp³-hybridized carbons (Fsp3) is 0.786. The Morgan fingerprint density at radius 2 is 2.30 bits per heavy atom. The number of terminal acetylenes is 1. The van der Waals surface area contributed by atoms with Gasteiger partial charge in [0, 0.05) is 32.7 Å². The van der Waals surface area contributed by atoms with Crippen molar-refractivity contribution < 1.29 is 9.47 Å². The van der Waals surface area contributed by atoms with Crippen molar-refractivity contribution in [1.82, 2.24) is 10.2 Å². The van der Waals surface area contributed by atoms with E-state index in [1.165, 1.54) is 0 Å². The molecule has 20 heavy (non-hydrogen) atoms. The third kappa shape index (κ3) is 7.31. The van der Waals surface area contributed by atoms with Crippen molar-refractivity contribution in [3.63, 3.8) is 0 Å². The number of likely N-dealkylation sites (tertiary alicyclic amines) is 1. The van der Waals surface area contributed by atoms with Crippen LogP contribution in [-0.4, -0.2) is 64.0 Å². The number of hydrogen-bond acceptors (Lipinski definition) is 3. The fourth-order valence-corrected chi connectivity index (χ4v) is 2.10. The monoisotopic (exact) mass is 395 g/mol. The van der Waals surface area contributed by atoms with Crippen molar-refractivity contribution in [2.45, 2.75) is 13.3 Å². The van der Waals surface area contributed by atoms with Crippen LogP contribution in [0.2, 0.25) is 0 Å². The minimum absolute atomic E-state index is 0. The lowest BCUT2D eigenvalue weighted by molar-refractivity contribution is 0.0536. The fourth-order valence-electron chi connectivity index (χ4n) is 2.10. The summed E-state index contributed by atoms with van der Waals surface area (Å²) in [6.07, 6.45) is 6.39. The summed E-state index contributed by atoms with van der Waals surface area (Å²) in [5.41, 5.74) is 0. The molecule has 0 saturated carbocycles. The number of guanidine groups is 1. The zero-order valence-electron chi connectivity index (χ0n) is 12.4. The minimum atomic E-state index is 0. The highest BCUT2D eigenvalue weighted by molar-refractivity contribution is 14.0. The summed E-state index contributed by atoms with van der Waals surface area (Å²) in [5, 5.41) is 3.28. The molecule has 6 heteroatoms. The number of ether oxygens (including phenoxy) is 2. The van der Waals surface area contributed by atoms with Crippen molar-refractivity contribution in [2.24, 2.45) is 10.9 Å². The van der Waals surface area contributed by atoms with Crippen LogP contribution >= 0.6 is 24.0 Å². The molecule has 1 unspecified atom stereocenters. The Hall–Kier alpha value is -0.520. The normalized spacial score (nSPS) is 18.6. The Morgan fingerprint density at radius 1 is 1.50 bits per heavy atom. The number of rotatable bonds is 7. The van der Waals surface area contributed by atoms with E-state index >= 15 is 0 Å². The van der Waals surface area contributed by atoms with Crippen molar-refractivity contribution >= 4 is 29.9 Å². The molecule has 0 aliphatic carbocycles. The number of aliphatic imine (C=N–C) groups is 1. The largest absolute Gasteiger partial charge is 0.382 e. The first kappa shape index (κ1) is 19.5. The number of methoxy groups -OCH3 is 1. The molecule has 0 aromatic rings.